The van der Waals surface area contributed by atoms with Crippen LogP contribution in [-0.4, -0.2) is 64.6 Å². The number of H-pyrrole nitrogens is 1. The van der Waals surface area contributed by atoms with Gasteiger partial charge < -0.3 is 24.6 Å². The number of nitrogens with one attached hydrogen (secondary N) is 2. The van der Waals surface area contributed by atoms with Gasteiger partial charge in [-0.15, -0.1) is 0 Å². The van der Waals surface area contributed by atoms with Crippen molar-refractivity contribution >= 4 is 11.9 Å². The van der Waals surface area contributed by atoms with Gasteiger partial charge in [0.15, 0.2) is 0 Å². The normalized spacial score (nSPS) is 26.9. The number of hydrogen-bond donors (Lipinski definition) is 3. The number of aliphatic hydroxyl groups excluding tert-OH is 1. The molecule has 1 aromatic heterocycles. The molecule has 4 atom stereocenters. The smallest absolute Gasteiger partial charge is 0.330 e. The number of aromatic amines is 1. The van der Waals surface area contributed by atoms with Gasteiger partial charge >= 0.3 is 11.7 Å². The second-order valence-corrected chi connectivity index (χ2v) is 6.75. The number of aliphatic hydroxyl groups is 1. The first-order valence-electron chi connectivity index (χ1n) is 9.08. The zero-order valence-corrected chi connectivity index (χ0v) is 15.4. The molecule has 3 N–H and O–H groups in total. The molecule has 2 aliphatic heterocycles. The lowest BCUT2D eigenvalue weighted by Crippen LogP contribution is -2.40. The Morgan fingerprint density at radius 2 is 2.21 bits per heavy atom. The van der Waals surface area contributed by atoms with Crippen molar-refractivity contribution in [1.82, 2.24) is 14.9 Å². The van der Waals surface area contributed by atoms with Crippen LogP contribution in [0, 0.1) is 0 Å². The molecule has 28 heavy (non-hydrogen) atoms. The van der Waals surface area contributed by atoms with Crippen LogP contribution in [0.4, 0.5) is 0 Å². The predicted molar refractivity (Wildman–Crippen MR) is 93.8 cm³/mol. The van der Waals surface area contributed by atoms with Crippen molar-refractivity contribution in [3.8, 4) is 0 Å². The Labute approximate surface area is 159 Å². The molecule has 11 heteroatoms. The third-order valence-corrected chi connectivity index (χ3v) is 4.71. The monoisotopic (exact) mass is 397 g/mol. The van der Waals surface area contributed by atoms with E-state index in [1.54, 1.807) is 0 Å². The van der Waals surface area contributed by atoms with Crippen molar-refractivity contribution in [1.29, 1.82) is 0 Å². The lowest BCUT2D eigenvalue weighted by atomic mass is 10.2. The van der Waals surface area contributed by atoms with Crippen LogP contribution in [0.2, 0.25) is 0 Å². The molecule has 0 saturated carbocycles. The van der Waals surface area contributed by atoms with Gasteiger partial charge in [-0.1, -0.05) is 0 Å². The summed E-state index contributed by atoms with van der Waals surface area (Å²) in [6, 6.07) is 0. The highest BCUT2D eigenvalue weighted by Gasteiger charge is 2.38. The van der Waals surface area contributed by atoms with E-state index in [0.717, 1.165) is 23.6 Å². The summed E-state index contributed by atoms with van der Waals surface area (Å²) in [5.74, 6) is -1.19. The SMILES string of the molecule is CC(=O)O[C@@H]1C[C@H](n2cc(C(=O)NC[C@H]3CCCO3)c(=O)[nH]c2=O)O[C@@H]1CO. The Morgan fingerprint density at radius 3 is 2.86 bits per heavy atom. The van der Waals surface area contributed by atoms with E-state index in [-0.39, 0.29) is 24.6 Å². The summed E-state index contributed by atoms with van der Waals surface area (Å²) in [6.45, 7) is 1.71. The van der Waals surface area contributed by atoms with Crippen LogP contribution in [0.5, 0.6) is 0 Å². The lowest BCUT2D eigenvalue weighted by Gasteiger charge is -2.16. The summed E-state index contributed by atoms with van der Waals surface area (Å²) in [6.07, 6.45) is 0.381. The Kier molecular flexibility index (Phi) is 6.27. The van der Waals surface area contributed by atoms with Crippen molar-refractivity contribution in [3.05, 3.63) is 32.6 Å². The largest absolute Gasteiger partial charge is 0.460 e. The first-order valence-corrected chi connectivity index (χ1v) is 9.08. The minimum Gasteiger partial charge on any atom is -0.460 e. The van der Waals surface area contributed by atoms with Crippen LogP contribution in [0.25, 0.3) is 0 Å². The van der Waals surface area contributed by atoms with Gasteiger partial charge in [-0.3, -0.25) is 23.9 Å². The van der Waals surface area contributed by atoms with Crippen molar-refractivity contribution in [2.45, 2.75) is 50.7 Å². The molecule has 0 aromatic carbocycles. The summed E-state index contributed by atoms with van der Waals surface area (Å²) in [5.41, 5.74) is -1.84. The molecular weight excluding hydrogens is 374 g/mol. The lowest BCUT2D eigenvalue weighted by molar-refractivity contribution is -0.150. The van der Waals surface area contributed by atoms with Crippen molar-refractivity contribution < 1.29 is 28.9 Å². The number of nitrogens with zero attached hydrogens (tertiary/aromatic N) is 1. The molecular formula is C17H23N3O8. The predicted octanol–water partition coefficient (Wildman–Crippen LogP) is -1.34. The van der Waals surface area contributed by atoms with Gasteiger partial charge in [0.1, 0.15) is 24.0 Å². The highest BCUT2D eigenvalue weighted by molar-refractivity contribution is 5.93. The maximum atomic E-state index is 12.4. The van der Waals surface area contributed by atoms with Crippen molar-refractivity contribution in [2.75, 3.05) is 19.8 Å². The van der Waals surface area contributed by atoms with Crippen LogP contribution in [0.15, 0.2) is 15.8 Å². The second kappa shape index (κ2) is 8.67. The van der Waals surface area contributed by atoms with Gasteiger partial charge in [0.25, 0.3) is 11.5 Å². The van der Waals surface area contributed by atoms with E-state index in [9.17, 15) is 24.3 Å². The Hall–Kier alpha value is -2.50. The van der Waals surface area contributed by atoms with E-state index in [1.165, 1.54) is 6.92 Å². The van der Waals surface area contributed by atoms with E-state index >= 15 is 0 Å². The summed E-state index contributed by atoms with van der Waals surface area (Å²) < 4.78 is 17.1. The molecule has 0 unspecified atom stereocenters. The number of carbonyl (C=O) groups excluding carboxylic acids is 2. The Bertz CT molecular complexity index is 842. The van der Waals surface area contributed by atoms with Crippen LogP contribution in [0.1, 0.15) is 42.8 Å². The van der Waals surface area contributed by atoms with Gasteiger partial charge in [-0.25, -0.2) is 4.79 Å². The third-order valence-electron chi connectivity index (χ3n) is 4.71. The number of aromatic nitrogens is 2. The summed E-state index contributed by atoms with van der Waals surface area (Å²) >= 11 is 0. The number of esters is 1. The molecule has 0 spiro atoms. The molecule has 3 rings (SSSR count). The fourth-order valence-corrected chi connectivity index (χ4v) is 3.34. The molecule has 2 fully saturated rings. The molecule has 0 radical (unpaired) electrons. The van der Waals surface area contributed by atoms with Gasteiger partial charge in [0.2, 0.25) is 0 Å². The number of amides is 1. The molecule has 2 aliphatic rings. The van der Waals surface area contributed by atoms with E-state index < -0.39 is 48.2 Å². The summed E-state index contributed by atoms with van der Waals surface area (Å²) in [7, 11) is 0. The minimum atomic E-state index is -0.907. The average molecular weight is 397 g/mol. The standard InChI is InChI=1S/C17H23N3O8/c1-9(22)27-12-5-14(28-13(12)8-21)20-7-11(16(24)19-17(20)25)15(23)18-6-10-3-2-4-26-10/h7,10,12-14,21H,2-6,8H2,1H3,(H,18,23)(H,19,24,25)/t10-,12-,13-,14-/m1/s1. The third kappa shape index (κ3) is 4.49. The number of ether oxygens (including phenoxy) is 3. The fraction of sp³-hybridized carbons (Fsp3) is 0.647. The Balaban J connectivity index is 1.77. The minimum absolute atomic E-state index is 0.0910. The highest BCUT2D eigenvalue weighted by atomic mass is 16.6. The highest BCUT2D eigenvalue weighted by Crippen LogP contribution is 2.29. The van der Waals surface area contributed by atoms with Crippen LogP contribution >= 0.6 is 0 Å². The molecule has 3 heterocycles. The van der Waals surface area contributed by atoms with E-state index in [0.29, 0.717) is 6.61 Å². The summed E-state index contributed by atoms with van der Waals surface area (Å²) in [4.78, 5) is 49.9. The molecule has 1 aromatic rings. The van der Waals surface area contributed by atoms with Gasteiger partial charge in [0, 0.05) is 32.7 Å². The van der Waals surface area contributed by atoms with Gasteiger partial charge in [-0.05, 0) is 12.8 Å². The Morgan fingerprint density at radius 1 is 1.43 bits per heavy atom. The first-order chi connectivity index (χ1) is 13.4. The quantitative estimate of drug-likeness (QED) is 0.499. The topological polar surface area (TPSA) is 149 Å². The number of rotatable bonds is 6. The van der Waals surface area contributed by atoms with Gasteiger partial charge in [-0.2, -0.15) is 0 Å². The number of carbonyl (C=O) groups is 2. The van der Waals surface area contributed by atoms with Crippen LogP contribution in [0.3, 0.4) is 0 Å². The van der Waals surface area contributed by atoms with Crippen molar-refractivity contribution in [2.24, 2.45) is 0 Å². The molecule has 1 amide bonds. The zero-order chi connectivity index (χ0) is 20.3. The van der Waals surface area contributed by atoms with E-state index in [4.69, 9.17) is 14.2 Å². The van der Waals surface area contributed by atoms with Crippen molar-refractivity contribution in [3.63, 3.8) is 0 Å². The average Bonchev–Trinajstić information content (AvgIpc) is 3.29. The second-order valence-electron chi connectivity index (χ2n) is 6.75. The first kappa shape index (κ1) is 20.2. The summed E-state index contributed by atoms with van der Waals surface area (Å²) in [5, 5.41) is 12.0. The maximum absolute atomic E-state index is 12.4. The van der Waals surface area contributed by atoms with Gasteiger partial charge in [0.05, 0.1) is 12.7 Å². The molecule has 154 valence electrons. The number of hydrogen-bond acceptors (Lipinski definition) is 8. The molecule has 11 nitrogen and oxygen atoms in total. The van der Waals surface area contributed by atoms with E-state index in [2.05, 4.69) is 10.3 Å². The molecule has 0 aliphatic carbocycles. The fourth-order valence-electron chi connectivity index (χ4n) is 3.34. The van der Waals surface area contributed by atoms with Crippen LogP contribution < -0.4 is 16.6 Å². The van der Waals surface area contributed by atoms with E-state index in [1.807, 2.05) is 0 Å². The molecule has 2 saturated heterocycles. The maximum Gasteiger partial charge on any atom is 0.330 e. The zero-order valence-electron chi connectivity index (χ0n) is 15.4. The molecule has 0 bridgehead atoms. The van der Waals surface area contributed by atoms with Crippen LogP contribution in [-0.2, 0) is 19.0 Å².